The molecular formula is C24H29FNO2P. The number of hydrogen-bond acceptors (Lipinski definition) is 3. The summed E-state index contributed by atoms with van der Waals surface area (Å²) in [5, 5.41) is 10.3. The summed E-state index contributed by atoms with van der Waals surface area (Å²) in [6, 6.07) is 12.1. The number of nitrogens with zero attached hydrogens (tertiary/aromatic N) is 1. The molecule has 0 amide bonds. The van der Waals surface area contributed by atoms with Crippen LogP contribution in [0.25, 0.3) is 5.57 Å². The summed E-state index contributed by atoms with van der Waals surface area (Å²) in [6.45, 7) is 11.9. The lowest BCUT2D eigenvalue weighted by Gasteiger charge is -2.06. The van der Waals surface area contributed by atoms with E-state index in [0.29, 0.717) is 6.61 Å². The molecule has 0 saturated carbocycles. The number of phenols is 1. The Balaban J connectivity index is 0.000000296. The second kappa shape index (κ2) is 12.7. The smallest absolute Gasteiger partial charge is 0.164 e. The third kappa shape index (κ3) is 8.89. The number of benzene rings is 2. The van der Waals surface area contributed by atoms with E-state index in [9.17, 15) is 4.39 Å². The summed E-state index contributed by atoms with van der Waals surface area (Å²) in [6.07, 6.45) is 5.48. The van der Waals surface area contributed by atoms with Gasteiger partial charge in [0.1, 0.15) is 12.4 Å². The quantitative estimate of drug-likeness (QED) is 0.355. The van der Waals surface area contributed by atoms with E-state index in [1.165, 1.54) is 12.1 Å². The second-order valence-electron chi connectivity index (χ2n) is 6.31. The van der Waals surface area contributed by atoms with Gasteiger partial charge in [0, 0.05) is 5.71 Å². The zero-order chi connectivity index (χ0) is 21.8. The van der Waals surface area contributed by atoms with E-state index in [1.807, 2.05) is 64.1 Å². The molecule has 0 saturated heterocycles. The Hall–Kier alpha value is -2.71. The molecule has 29 heavy (non-hydrogen) atoms. The topological polar surface area (TPSA) is 41.8 Å². The van der Waals surface area contributed by atoms with E-state index in [1.54, 1.807) is 12.1 Å². The van der Waals surface area contributed by atoms with Gasteiger partial charge in [0.2, 0.25) is 0 Å². The summed E-state index contributed by atoms with van der Waals surface area (Å²) >= 11 is 0. The fraction of sp³-hybridized carbons (Fsp3) is 0.208. The fourth-order valence-electron chi connectivity index (χ4n) is 2.28. The number of aromatic hydroxyl groups is 1. The molecular weight excluding hydrogens is 384 g/mol. The maximum Gasteiger partial charge on any atom is 0.164 e. The van der Waals surface area contributed by atoms with Crippen molar-refractivity contribution in [2.45, 2.75) is 27.7 Å². The molecule has 0 aliphatic carbocycles. The van der Waals surface area contributed by atoms with Crippen LogP contribution in [-0.4, -0.2) is 17.4 Å². The molecule has 1 atom stereocenters. The van der Waals surface area contributed by atoms with Gasteiger partial charge in [0.05, 0.1) is 5.70 Å². The van der Waals surface area contributed by atoms with Crippen LogP contribution in [0.4, 0.5) is 4.39 Å². The lowest BCUT2D eigenvalue weighted by Crippen LogP contribution is -2.01. The molecule has 2 aromatic rings. The van der Waals surface area contributed by atoms with Crippen molar-refractivity contribution in [3.05, 3.63) is 84.3 Å². The molecule has 1 N–H and O–H groups in total. The van der Waals surface area contributed by atoms with Crippen LogP contribution in [0.5, 0.6) is 11.5 Å². The summed E-state index contributed by atoms with van der Waals surface area (Å²) in [4.78, 5) is 4.38. The van der Waals surface area contributed by atoms with Crippen molar-refractivity contribution in [1.29, 1.82) is 0 Å². The third-order valence-electron chi connectivity index (χ3n) is 3.78. The fourth-order valence-corrected chi connectivity index (χ4v) is 2.48. The van der Waals surface area contributed by atoms with E-state index in [4.69, 9.17) is 9.84 Å². The molecule has 0 spiro atoms. The number of halogens is 1. The highest BCUT2D eigenvalue weighted by Gasteiger charge is 2.02. The van der Waals surface area contributed by atoms with Gasteiger partial charge in [-0.3, -0.25) is 4.99 Å². The Morgan fingerprint density at radius 3 is 2.28 bits per heavy atom. The number of ether oxygens (including phenoxy) is 1. The van der Waals surface area contributed by atoms with Gasteiger partial charge in [-0.2, -0.15) is 0 Å². The van der Waals surface area contributed by atoms with Gasteiger partial charge >= 0.3 is 0 Å². The summed E-state index contributed by atoms with van der Waals surface area (Å²) in [5.41, 5.74) is 3.62. The average molecular weight is 413 g/mol. The number of phenolic OH excluding ortho intramolecular Hbond substituents is 1. The average Bonchev–Trinajstić information content (AvgIpc) is 2.70. The van der Waals surface area contributed by atoms with E-state index in [2.05, 4.69) is 20.8 Å². The number of allylic oxidation sites excluding steroid dienone is 4. The van der Waals surface area contributed by atoms with Crippen LogP contribution in [-0.2, 0) is 0 Å². The maximum absolute atomic E-state index is 12.7. The van der Waals surface area contributed by atoms with Crippen LogP contribution in [0.1, 0.15) is 33.3 Å². The Kier molecular flexibility index (Phi) is 10.6. The number of hydrogen-bond donors (Lipinski definition) is 1. The Labute approximate surface area is 175 Å². The molecule has 0 aliphatic heterocycles. The van der Waals surface area contributed by atoms with Gasteiger partial charge < -0.3 is 9.84 Å². The predicted octanol–water partition coefficient (Wildman–Crippen LogP) is 6.07. The van der Waals surface area contributed by atoms with Gasteiger partial charge in [0.25, 0.3) is 0 Å². The van der Waals surface area contributed by atoms with E-state index in [0.717, 1.165) is 33.6 Å². The van der Waals surface area contributed by atoms with Crippen molar-refractivity contribution in [2.75, 3.05) is 6.61 Å². The van der Waals surface area contributed by atoms with Gasteiger partial charge in [-0.25, -0.2) is 4.39 Å². The molecule has 0 aliphatic rings. The molecule has 2 rings (SSSR count). The monoisotopic (exact) mass is 413 g/mol. The standard InChI is InChI=1S/C13H18NOP.C11H11FO/c1-4-11(14-10(2)3)9-15-12-5-7-13(16)8-6-12;1-3-8(4-2)9-5-6-10(12)11(13)7-9/h4-8H,9,16H2,1-3H3;3-7,13H,1H2,2H3/b11-4-;8-4+. The highest BCUT2D eigenvalue weighted by atomic mass is 31.0. The van der Waals surface area contributed by atoms with Crippen molar-refractivity contribution < 1.29 is 14.2 Å². The highest BCUT2D eigenvalue weighted by molar-refractivity contribution is 7.27. The van der Waals surface area contributed by atoms with Crippen LogP contribution in [0.15, 0.2) is 78.0 Å². The molecule has 154 valence electrons. The van der Waals surface area contributed by atoms with Crippen molar-refractivity contribution in [3.8, 4) is 11.5 Å². The van der Waals surface area contributed by atoms with E-state index >= 15 is 0 Å². The van der Waals surface area contributed by atoms with Crippen molar-refractivity contribution in [2.24, 2.45) is 4.99 Å². The molecule has 1 unspecified atom stereocenters. The molecule has 0 fully saturated rings. The van der Waals surface area contributed by atoms with Gasteiger partial charge in [-0.05, 0) is 68.4 Å². The van der Waals surface area contributed by atoms with Crippen molar-refractivity contribution in [3.63, 3.8) is 0 Å². The maximum atomic E-state index is 12.7. The molecule has 0 bridgehead atoms. The third-order valence-corrected chi connectivity index (χ3v) is 4.16. The second-order valence-corrected chi connectivity index (χ2v) is 6.98. The molecule has 0 heterocycles. The minimum absolute atomic E-state index is 0.335. The minimum atomic E-state index is -0.608. The van der Waals surface area contributed by atoms with E-state index < -0.39 is 5.82 Å². The molecule has 5 heteroatoms. The van der Waals surface area contributed by atoms with Crippen molar-refractivity contribution in [1.82, 2.24) is 0 Å². The van der Waals surface area contributed by atoms with Crippen LogP contribution in [0, 0.1) is 5.82 Å². The molecule has 0 aromatic heterocycles. The zero-order valence-electron chi connectivity index (χ0n) is 17.4. The lowest BCUT2D eigenvalue weighted by atomic mass is 10.1. The summed E-state index contributed by atoms with van der Waals surface area (Å²) < 4.78 is 18.3. The Bertz CT molecular complexity index is 896. The summed E-state index contributed by atoms with van der Waals surface area (Å²) in [7, 11) is 2.65. The van der Waals surface area contributed by atoms with Gasteiger partial charge in [0.15, 0.2) is 11.6 Å². The minimum Gasteiger partial charge on any atom is -0.505 e. The first-order valence-electron chi connectivity index (χ1n) is 9.23. The first-order valence-corrected chi connectivity index (χ1v) is 9.81. The lowest BCUT2D eigenvalue weighted by molar-refractivity contribution is 0.350. The Morgan fingerprint density at radius 1 is 1.14 bits per heavy atom. The van der Waals surface area contributed by atoms with Crippen molar-refractivity contribution >= 4 is 25.8 Å². The van der Waals surface area contributed by atoms with Crippen LogP contribution in [0.2, 0.25) is 0 Å². The van der Waals surface area contributed by atoms with E-state index in [-0.39, 0.29) is 5.75 Å². The summed E-state index contributed by atoms with van der Waals surface area (Å²) in [5.74, 6) is -0.0727. The number of aliphatic imine (C=N–C) groups is 1. The number of rotatable bonds is 6. The highest BCUT2D eigenvalue weighted by Crippen LogP contribution is 2.22. The van der Waals surface area contributed by atoms with Gasteiger partial charge in [-0.15, -0.1) is 9.24 Å². The SMILES string of the molecule is C/C=C(/COc1ccc(P)cc1)N=C(C)C.C=C/C(=C\C)c1ccc(F)c(O)c1. The largest absolute Gasteiger partial charge is 0.505 e. The van der Waals surface area contributed by atoms with Crippen LogP contribution < -0.4 is 10.0 Å². The zero-order valence-corrected chi connectivity index (χ0v) is 18.6. The van der Waals surface area contributed by atoms with Crippen LogP contribution >= 0.6 is 9.24 Å². The van der Waals surface area contributed by atoms with Crippen LogP contribution in [0.3, 0.4) is 0 Å². The predicted molar refractivity (Wildman–Crippen MR) is 126 cm³/mol. The normalized spacial score (nSPS) is 11.2. The molecule has 2 aromatic carbocycles. The first kappa shape index (κ1) is 24.3. The molecule has 0 radical (unpaired) electrons. The molecule has 3 nitrogen and oxygen atoms in total. The Morgan fingerprint density at radius 2 is 1.79 bits per heavy atom. The van der Waals surface area contributed by atoms with Gasteiger partial charge in [-0.1, -0.05) is 43.0 Å². The first-order chi connectivity index (χ1) is 13.8.